The summed E-state index contributed by atoms with van der Waals surface area (Å²) in [6.45, 7) is 9.18. The third kappa shape index (κ3) is 3.28. The Hall–Kier alpha value is -1.60. The van der Waals surface area contributed by atoms with Gasteiger partial charge in [-0.3, -0.25) is 9.48 Å². The van der Waals surface area contributed by atoms with Crippen molar-refractivity contribution in [2.24, 2.45) is 10.4 Å². The highest BCUT2D eigenvalue weighted by Crippen LogP contribution is 2.32. The first-order valence-corrected chi connectivity index (χ1v) is 8.87. The molecular formula is C16H19ClFN3O2S. The minimum Gasteiger partial charge on any atom is -0.489 e. The molecule has 24 heavy (non-hydrogen) atoms. The third-order valence-electron chi connectivity index (χ3n) is 3.64. The van der Waals surface area contributed by atoms with Crippen molar-refractivity contribution >= 4 is 28.6 Å². The van der Waals surface area contributed by atoms with E-state index in [2.05, 4.69) is 18.8 Å². The SMILES string of the molecule is CC(C)Oc1cc(/N=c2/sc(=O)n3n2CC(C)(C)C3)c(F)cc1Cl. The Bertz CT molecular complexity index is 911. The molecule has 5 nitrogen and oxygen atoms in total. The Balaban J connectivity index is 2.11. The van der Waals surface area contributed by atoms with E-state index in [-0.39, 0.29) is 27.1 Å². The zero-order chi connectivity index (χ0) is 17.6. The number of benzene rings is 1. The van der Waals surface area contributed by atoms with Crippen LogP contribution in [0.2, 0.25) is 5.02 Å². The first kappa shape index (κ1) is 17.2. The average molecular weight is 372 g/mol. The van der Waals surface area contributed by atoms with Gasteiger partial charge in [0.15, 0.2) is 5.82 Å². The monoisotopic (exact) mass is 371 g/mol. The van der Waals surface area contributed by atoms with Crippen LogP contribution in [0.1, 0.15) is 27.7 Å². The number of fused-ring (bicyclic) bond motifs is 1. The molecule has 0 atom stereocenters. The Kier molecular flexibility index (Phi) is 4.34. The van der Waals surface area contributed by atoms with Gasteiger partial charge in [0.05, 0.1) is 17.7 Å². The first-order valence-electron chi connectivity index (χ1n) is 7.67. The first-order chi connectivity index (χ1) is 11.2. The van der Waals surface area contributed by atoms with E-state index in [1.807, 2.05) is 18.5 Å². The van der Waals surface area contributed by atoms with Crippen molar-refractivity contribution in [3.63, 3.8) is 0 Å². The van der Waals surface area contributed by atoms with Gasteiger partial charge in [-0.1, -0.05) is 25.4 Å². The van der Waals surface area contributed by atoms with Crippen molar-refractivity contribution in [1.82, 2.24) is 9.36 Å². The number of ether oxygens (including phenoxy) is 1. The highest BCUT2D eigenvalue weighted by atomic mass is 35.5. The summed E-state index contributed by atoms with van der Waals surface area (Å²) in [5, 5.41) is 0.198. The molecule has 3 rings (SSSR count). The minimum absolute atomic E-state index is 0.0259. The molecule has 0 saturated carbocycles. The Morgan fingerprint density at radius 3 is 2.67 bits per heavy atom. The van der Waals surface area contributed by atoms with E-state index in [1.165, 1.54) is 12.1 Å². The van der Waals surface area contributed by atoms with Crippen LogP contribution in [-0.2, 0) is 13.1 Å². The van der Waals surface area contributed by atoms with Crippen LogP contribution in [0.3, 0.4) is 0 Å². The van der Waals surface area contributed by atoms with Crippen LogP contribution in [0.5, 0.6) is 5.75 Å². The minimum atomic E-state index is -0.548. The van der Waals surface area contributed by atoms with Gasteiger partial charge in [-0.15, -0.1) is 0 Å². The molecular weight excluding hydrogens is 353 g/mol. The lowest BCUT2D eigenvalue weighted by Gasteiger charge is -2.13. The van der Waals surface area contributed by atoms with Crippen LogP contribution in [0.25, 0.3) is 0 Å². The van der Waals surface area contributed by atoms with Crippen molar-refractivity contribution < 1.29 is 9.13 Å². The molecule has 130 valence electrons. The van der Waals surface area contributed by atoms with Gasteiger partial charge in [-0.25, -0.2) is 14.1 Å². The summed E-state index contributed by atoms with van der Waals surface area (Å²) in [6.07, 6.45) is -0.0919. The summed E-state index contributed by atoms with van der Waals surface area (Å²) in [5.74, 6) is -0.172. The summed E-state index contributed by atoms with van der Waals surface area (Å²) >= 11 is 7.03. The smallest absolute Gasteiger partial charge is 0.325 e. The molecule has 0 aliphatic carbocycles. The average Bonchev–Trinajstić information content (AvgIpc) is 2.90. The Labute approximate surface area is 148 Å². The second kappa shape index (κ2) is 6.04. The van der Waals surface area contributed by atoms with Gasteiger partial charge in [0.2, 0.25) is 4.80 Å². The van der Waals surface area contributed by atoms with Gasteiger partial charge in [-0.2, -0.15) is 0 Å². The number of hydrogen-bond acceptors (Lipinski definition) is 4. The summed E-state index contributed by atoms with van der Waals surface area (Å²) < 4.78 is 23.3. The summed E-state index contributed by atoms with van der Waals surface area (Å²) in [6, 6.07) is 2.66. The molecule has 2 heterocycles. The van der Waals surface area contributed by atoms with Crippen molar-refractivity contribution in [3.8, 4) is 5.75 Å². The molecule has 1 aromatic carbocycles. The molecule has 0 saturated heterocycles. The van der Waals surface area contributed by atoms with E-state index < -0.39 is 5.82 Å². The van der Waals surface area contributed by atoms with Crippen molar-refractivity contribution in [2.75, 3.05) is 0 Å². The maximum atomic E-state index is 14.2. The molecule has 1 aliphatic rings. The van der Waals surface area contributed by atoms with Gasteiger partial charge in [0.1, 0.15) is 11.4 Å². The maximum absolute atomic E-state index is 14.2. The molecule has 2 aromatic rings. The predicted octanol–water partition coefficient (Wildman–Crippen LogP) is 3.56. The predicted molar refractivity (Wildman–Crippen MR) is 92.7 cm³/mol. The zero-order valence-corrected chi connectivity index (χ0v) is 15.5. The van der Waals surface area contributed by atoms with Crippen LogP contribution in [0.15, 0.2) is 21.9 Å². The molecule has 8 heteroatoms. The van der Waals surface area contributed by atoms with E-state index in [0.29, 0.717) is 23.6 Å². The molecule has 0 radical (unpaired) electrons. The van der Waals surface area contributed by atoms with Gasteiger partial charge in [-0.05, 0) is 31.3 Å². The quantitative estimate of drug-likeness (QED) is 0.828. The topological polar surface area (TPSA) is 48.5 Å². The lowest BCUT2D eigenvalue weighted by molar-refractivity contribution is 0.242. The number of halogens is 2. The van der Waals surface area contributed by atoms with E-state index in [0.717, 1.165) is 11.3 Å². The normalized spacial score (nSPS) is 16.7. The van der Waals surface area contributed by atoms with Gasteiger partial charge in [0, 0.05) is 18.0 Å². The van der Waals surface area contributed by atoms with Crippen molar-refractivity contribution in [3.05, 3.63) is 37.4 Å². The second-order valence-electron chi connectivity index (χ2n) is 6.94. The highest BCUT2D eigenvalue weighted by molar-refractivity contribution is 7.06. The molecule has 1 aromatic heterocycles. The second-order valence-corrected chi connectivity index (χ2v) is 8.27. The zero-order valence-electron chi connectivity index (χ0n) is 14.0. The number of aromatic nitrogens is 2. The van der Waals surface area contributed by atoms with E-state index in [4.69, 9.17) is 16.3 Å². The molecule has 0 amide bonds. The molecule has 0 spiro atoms. The van der Waals surface area contributed by atoms with E-state index >= 15 is 0 Å². The fraction of sp³-hybridized carbons (Fsp3) is 0.500. The number of rotatable bonds is 3. The van der Waals surface area contributed by atoms with Gasteiger partial charge >= 0.3 is 4.87 Å². The van der Waals surface area contributed by atoms with Crippen LogP contribution in [0, 0.1) is 11.2 Å². The summed E-state index contributed by atoms with van der Waals surface area (Å²) in [5.41, 5.74) is 0.0823. The number of nitrogens with zero attached hydrogens (tertiary/aromatic N) is 3. The lowest BCUT2D eigenvalue weighted by Crippen LogP contribution is -2.20. The molecule has 0 bridgehead atoms. The Morgan fingerprint density at radius 2 is 2.00 bits per heavy atom. The van der Waals surface area contributed by atoms with E-state index in [1.54, 1.807) is 4.68 Å². The molecule has 1 aliphatic heterocycles. The number of hydrogen-bond donors (Lipinski definition) is 0. The highest BCUT2D eigenvalue weighted by Gasteiger charge is 2.30. The summed E-state index contributed by atoms with van der Waals surface area (Å²) in [4.78, 5) is 16.9. The van der Waals surface area contributed by atoms with Crippen LogP contribution in [-0.4, -0.2) is 15.5 Å². The van der Waals surface area contributed by atoms with Crippen LogP contribution in [0.4, 0.5) is 10.1 Å². The standard InChI is InChI=1S/C16H19ClFN3O2S/c1-9(2)23-13-6-12(11(18)5-10(13)17)19-14-20-7-16(3,4)8-21(20)15(22)24-14/h5-6,9H,7-8H2,1-4H3/b19-14+. The fourth-order valence-corrected chi connectivity index (χ4v) is 3.71. The fourth-order valence-electron chi connectivity index (χ4n) is 2.68. The molecule has 0 fully saturated rings. The van der Waals surface area contributed by atoms with Crippen LogP contribution >= 0.6 is 22.9 Å². The van der Waals surface area contributed by atoms with Gasteiger partial charge < -0.3 is 4.74 Å². The van der Waals surface area contributed by atoms with Gasteiger partial charge in [0.25, 0.3) is 0 Å². The summed E-state index contributed by atoms with van der Waals surface area (Å²) in [7, 11) is 0. The van der Waals surface area contributed by atoms with E-state index in [9.17, 15) is 9.18 Å². The maximum Gasteiger partial charge on any atom is 0.325 e. The molecule has 0 unspecified atom stereocenters. The largest absolute Gasteiger partial charge is 0.489 e. The van der Waals surface area contributed by atoms with Crippen molar-refractivity contribution in [2.45, 2.75) is 46.9 Å². The lowest BCUT2D eigenvalue weighted by atomic mass is 9.95. The van der Waals surface area contributed by atoms with Crippen molar-refractivity contribution in [1.29, 1.82) is 0 Å². The molecule has 0 N–H and O–H groups in total. The third-order valence-corrected chi connectivity index (χ3v) is 4.80. The van der Waals surface area contributed by atoms with Crippen LogP contribution < -0.4 is 14.4 Å². The Morgan fingerprint density at radius 1 is 1.33 bits per heavy atom.